The lowest BCUT2D eigenvalue weighted by molar-refractivity contribution is 0.672. The van der Waals surface area contributed by atoms with Crippen molar-refractivity contribution in [1.29, 1.82) is 0 Å². The predicted molar refractivity (Wildman–Crippen MR) is 263 cm³/mol. The van der Waals surface area contributed by atoms with Crippen molar-refractivity contribution in [3.63, 3.8) is 0 Å². The van der Waals surface area contributed by atoms with Crippen LogP contribution in [0.4, 0.5) is 17.1 Å². The van der Waals surface area contributed by atoms with Gasteiger partial charge >= 0.3 is 0 Å². The van der Waals surface area contributed by atoms with Crippen molar-refractivity contribution in [2.75, 3.05) is 4.90 Å². The lowest BCUT2D eigenvalue weighted by Gasteiger charge is -2.27. The first-order valence-electron chi connectivity index (χ1n) is 21.3. The average molecular weight is 790 g/mol. The van der Waals surface area contributed by atoms with Gasteiger partial charge in [0.25, 0.3) is 0 Å². The molecule has 0 atom stereocenters. The number of nitrogens with zero attached hydrogens (tertiary/aromatic N) is 1. The van der Waals surface area contributed by atoms with E-state index in [1.807, 2.05) is 0 Å². The van der Waals surface area contributed by atoms with E-state index in [-0.39, 0.29) is 0 Å². The Hall–Kier alpha value is -8.20. The molecule has 1 heterocycles. The van der Waals surface area contributed by atoms with Gasteiger partial charge in [-0.25, -0.2) is 0 Å². The summed E-state index contributed by atoms with van der Waals surface area (Å²) in [6, 6.07) is 85.4. The standard InChI is InChI=1S/C60H39NO/c1-3-16-40(17-4-1)44-21-13-22-45(38-44)41-32-35-47(36-33-41)61(55-30-15-31-56-59(55)54-37-34-42-18-7-8-25-49(42)60(54)62-56)48-24-14-23-46(39-48)58-53-29-12-10-27-51(53)50-26-9-11-28-52(50)57(58)43-19-5-2-6-20-43/h1-39H. The molecule has 0 radical (unpaired) electrons. The van der Waals surface area contributed by atoms with Gasteiger partial charge in [-0.2, -0.15) is 0 Å². The molecular formula is C60H39NO. The molecule has 0 bridgehead atoms. The van der Waals surface area contributed by atoms with Crippen LogP contribution in [0.5, 0.6) is 0 Å². The second-order valence-corrected chi connectivity index (χ2v) is 16.0. The maximum Gasteiger partial charge on any atom is 0.143 e. The number of hydrogen-bond donors (Lipinski definition) is 0. The van der Waals surface area contributed by atoms with Crippen LogP contribution in [0.25, 0.3) is 98.8 Å². The summed E-state index contributed by atoms with van der Waals surface area (Å²) in [5.74, 6) is 0. The summed E-state index contributed by atoms with van der Waals surface area (Å²) in [5, 5.41) is 9.41. The molecule has 12 aromatic rings. The van der Waals surface area contributed by atoms with Gasteiger partial charge in [0, 0.05) is 22.1 Å². The Labute approximate surface area is 360 Å². The number of furan rings is 1. The zero-order valence-corrected chi connectivity index (χ0v) is 33.9. The van der Waals surface area contributed by atoms with Crippen molar-refractivity contribution < 1.29 is 4.42 Å². The van der Waals surface area contributed by atoms with Gasteiger partial charge in [-0.15, -0.1) is 0 Å². The van der Waals surface area contributed by atoms with E-state index in [9.17, 15) is 0 Å². The number of hydrogen-bond acceptors (Lipinski definition) is 2. The van der Waals surface area contributed by atoms with Gasteiger partial charge in [-0.1, -0.05) is 188 Å². The normalized spacial score (nSPS) is 11.5. The topological polar surface area (TPSA) is 16.4 Å². The van der Waals surface area contributed by atoms with Gasteiger partial charge in [-0.05, 0) is 120 Å². The van der Waals surface area contributed by atoms with E-state index in [4.69, 9.17) is 4.42 Å². The van der Waals surface area contributed by atoms with Crippen molar-refractivity contribution in [2.45, 2.75) is 0 Å². The maximum atomic E-state index is 6.77. The summed E-state index contributed by atoms with van der Waals surface area (Å²) in [4.78, 5) is 2.41. The molecule has 0 aliphatic carbocycles. The van der Waals surface area contributed by atoms with Gasteiger partial charge in [-0.3, -0.25) is 0 Å². The highest BCUT2D eigenvalue weighted by Gasteiger charge is 2.23. The maximum absolute atomic E-state index is 6.77. The lowest BCUT2D eigenvalue weighted by atomic mass is 9.85. The van der Waals surface area contributed by atoms with Gasteiger partial charge in [0.05, 0.1) is 11.1 Å². The summed E-state index contributed by atoms with van der Waals surface area (Å²) in [6.45, 7) is 0. The van der Waals surface area contributed by atoms with Gasteiger partial charge < -0.3 is 9.32 Å². The Bertz CT molecular complexity index is 3620. The molecule has 0 saturated carbocycles. The van der Waals surface area contributed by atoms with E-state index in [2.05, 4.69) is 241 Å². The molecule has 0 unspecified atom stereocenters. The van der Waals surface area contributed by atoms with E-state index in [1.165, 1.54) is 54.9 Å². The Morgan fingerprint density at radius 2 is 0.823 bits per heavy atom. The summed E-state index contributed by atoms with van der Waals surface area (Å²) in [6.07, 6.45) is 0. The summed E-state index contributed by atoms with van der Waals surface area (Å²) < 4.78 is 6.77. The molecule has 0 N–H and O–H groups in total. The van der Waals surface area contributed by atoms with Gasteiger partial charge in [0.15, 0.2) is 0 Å². The molecule has 0 aliphatic heterocycles. The van der Waals surface area contributed by atoms with Crippen LogP contribution in [0.3, 0.4) is 0 Å². The van der Waals surface area contributed by atoms with Crippen LogP contribution in [0, 0.1) is 0 Å². The largest absolute Gasteiger partial charge is 0.455 e. The summed E-state index contributed by atoms with van der Waals surface area (Å²) >= 11 is 0. The molecule has 11 aromatic carbocycles. The third-order valence-electron chi connectivity index (χ3n) is 12.4. The quantitative estimate of drug-likeness (QED) is 0.150. The minimum atomic E-state index is 0.858. The van der Waals surface area contributed by atoms with Crippen molar-refractivity contribution in [1.82, 2.24) is 0 Å². The van der Waals surface area contributed by atoms with Crippen molar-refractivity contribution >= 4 is 71.3 Å². The molecule has 12 rings (SSSR count). The fourth-order valence-electron chi connectivity index (χ4n) is 9.61. The SMILES string of the molecule is c1ccc(-c2cccc(-c3ccc(N(c4cccc(-c5c(-c6ccccc6)c6ccccc6c6ccccc56)c4)c4cccc5oc6c7ccccc7ccc6c45)cc3)c2)cc1. The highest BCUT2D eigenvalue weighted by Crippen LogP contribution is 2.48. The zero-order chi connectivity index (χ0) is 41.0. The minimum absolute atomic E-state index is 0.858. The number of rotatable bonds is 7. The first-order valence-corrected chi connectivity index (χ1v) is 21.3. The van der Waals surface area contributed by atoms with Crippen LogP contribution >= 0.6 is 0 Å². The second-order valence-electron chi connectivity index (χ2n) is 16.0. The molecule has 0 aliphatic rings. The Balaban J connectivity index is 1.09. The van der Waals surface area contributed by atoms with Gasteiger partial charge in [0.1, 0.15) is 11.2 Å². The second kappa shape index (κ2) is 14.8. The Morgan fingerprint density at radius 1 is 0.290 bits per heavy atom. The average Bonchev–Trinajstić information content (AvgIpc) is 3.75. The molecule has 62 heavy (non-hydrogen) atoms. The third-order valence-corrected chi connectivity index (χ3v) is 12.4. The van der Waals surface area contributed by atoms with E-state index in [0.717, 1.165) is 60.9 Å². The fraction of sp³-hybridized carbons (Fsp3) is 0. The first-order chi connectivity index (χ1) is 30.8. The van der Waals surface area contributed by atoms with Crippen LogP contribution in [-0.2, 0) is 0 Å². The van der Waals surface area contributed by atoms with Crippen LogP contribution in [-0.4, -0.2) is 0 Å². The number of benzene rings is 11. The molecular weight excluding hydrogens is 751 g/mol. The Kier molecular flexibility index (Phi) is 8.53. The zero-order valence-electron chi connectivity index (χ0n) is 33.9. The molecule has 2 heteroatoms. The van der Waals surface area contributed by atoms with Crippen molar-refractivity contribution in [2.24, 2.45) is 0 Å². The molecule has 0 saturated heterocycles. The van der Waals surface area contributed by atoms with E-state index in [0.29, 0.717) is 0 Å². The smallest absolute Gasteiger partial charge is 0.143 e. The van der Waals surface area contributed by atoms with Crippen LogP contribution in [0.15, 0.2) is 241 Å². The minimum Gasteiger partial charge on any atom is -0.455 e. The van der Waals surface area contributed by atoms with Crippen LogP contribution in [0.2, 0.25) is 0 Å². The van der Waals surface area contributed by atoms with Crippen LogP contribution in [0.1, 0.15) is 0 Å². The molecule has 290 valence electrons. The van der Waals surface area contributed by atoms with E-state index >= 15 is 0 Å². The lowest BCUT2D eigenvalue weighted by Crippen LogP contribution is -2.10. The molecule has 0 amide bonds. The molecule has 1 aromatic heterocycles. The first kappa shape index (κ1) is 35.7. The van der Waals surface area contributed by atoms with Crippen LogP contribution < -0.4 is 4.90 Å². The van der Waals surface area contributed by atoms with Gasteiger partial charge in [0.2, 0.25) is 0 Å². The fourth-order valence-corrected chi connectivity index (χ4v) is 9.61. The number of fused-ring (bicyclic) bond motifs is 8. The molecule has 2 nitrogen and oxygen atoms in total. The summed E-state index contributed by atoms with van der Waals surface area (Å²) in [5.41, 5.74) is 14.5. The van der Waals surface area contributed by atoms with E-state index < -0.39 is 0 Å². The Morgan fingerprint density at radius 3 is 1.53 bits per heavy atom. The van der Waals surface area contributed by atoms with Crippen molar-refractivity contribution in [3.8, 4) is 44.5 Å². The van der Waals surface area contributed by atoms with E-state index in [1.54, 1.807) is 0 Å². The molecule has 0 spiro atoms. The van der Waals surface area contributed by atoms with Crippen molar-refractivity contribution in [3.05, 3.63) is 237 Å². The third kappa shape index (κ3) is 5.96. The highest BCUT2D eigenvalue weighted by atomic mass is 16.3. The highest BCUT2D eigenvalue weighted by molar-refractivity contribution is 6.22. The monoisotopic (exact) mass is 789 g/mol. The predicted octanol–water partition coefficient (Wildman–Crippen LogP) is 17.2. The molecule has 0 fully saturated rings. The summed E-state index contributed by atoms with van der Waals surface area (Å²) in [7, 11) is 0. The number of anilines is 3.